The zero-order valence-corrected chi connectivity index (χ0v) is 15.7. The van der Waals surface area contributed by atoms with Gasteiger partial charge in [0.1, 0.15) is 11.3 Å². The molecule has 0 bridgehead atoms. The van der Waals surface area contributed by atoms with Gasteiger partial charge in [-0.25, -0.2) is 9.97 Å². The van der Waals surface area contributed by atoms with Crippen LogP contribution in [0.1, 0.15) is 36.3 Å². The molecule has 3 aromatic heterocycles. The predicted octanol–water partition coefficient (Wildman–Crippen LogP) is 2.24. The number of hydrogen-bond donors (Lipinski definition) is 1. The molecular formula is C19H21N7O2. The van der Waals surface area contributed by atoms with Crippen molar-refractivity contribution in [2.45, 2.75) is 24.9 Å². The van der Waals surface area contributed by atoms with E-state index in [9.17, 15) is 0 Å². The van der Waals surface area contributed by atoms with Gasteiger partial charge in [0, 0.05) is 36.7 Å². The average Bonchev–Trinajstić information content (AvgIpc) is 3.35. The van der Waals surface area contributed by atoms with Crippen molar-refractivity contribution in [1.29, 1.82) is 0 Å². The van der Waals surface area contributed by atoms with E-state index in [1.807, 2.05) is 37.6 Å². The third-order valence-corrected chi connectivity index (χ3v) is 5.27. The number of nitrogen functional groups attached to an aromatic ring is 1. The van der Waals surface area contributed by atoms with Crippen LogP contribution >= 0.6 is 0 Å². The van der Waals surface area contributed by atoms with Crippen molar-refractivity contribution in [3.63, 3.8) is 0 Å². The van der Waals surface area contributed by atoms with Crippen molar-refractivity contribution in [3.05, 3.63) is 42.0 Å². The van der Waals surface area contributed by atoms with Crippen LogP contribution in [0.15, 0.2) is 30.6 Å². The Morgan fingerprint density at radius 3 is 2.96 bits per heavy atom. The first kappa shape index (κ1) is 16.9. The third kappa shape index (κ3) is 2.66. The summed E-state index contributed by atoms with van der Waals surface area (Å²) in [5.74, 6) is 1.90. The second-order valence-electron chi connectivity index (χ2n) is 7.06. The molecule has 144 valence electrons. The first-order valence-electron chi connectivity index (χ1n) is 9.23. The van der Waals surface area contributed by atoms with Gasteiger partial charge in [0.05, 0.1) is 19.4 Å². The van der Waals surface area contributed by atoms with Crippen LogP contribution < -0.4 is 10.5 Å². The molecule has 1 saturated heterocycles. The Labute approximate surface area is 161 Å². The maximum Gasteiger partial charge on any atom is 0.223 e. The van der Waals surface area contributed by atoms with Crippen LogP contribution in [0.3, 0.4) is 0 Å². The van der Waals surface area contributed by atoms with Crippen LogP contribution in [-0.2, 0) is 11.8 Å². The Morgan fingerprint density at radius 2 is 2.18 bits per heavy atom. The molecule has 1 aliphatic heterocycles. The molecule has 0 amide bonds. The molecule has 28 heavy (non-hydrogen) atoms. The van der Waals surface area contributed by atoms with Gasteiger partial charge in [0.15, 0.2) is 11.5 Å². The lowest BCUT2D eigenvalue weighted by Crippen LogP contribution is -2.19. The fraction of sp³-hybridized carbons (Fsp3) is 0.368. The van der Waals surface area contributed by atoms with E-state index < -0.39 is 0 Å². The van der Waals surface area contributed by atoms with Crippen molar-refractivity contribution in [3.8, 4) is 5.75 Å². The Bertz CT molecular complexity index is 1170. The predicted molar refractivity (Wildman–Crippen MR) is 103 cm³/mol. The summed E-state index contributed by atoms with van der Waals surface area (Å²) in [6.45, 7) is 0.655. The maximum atomic E-state index is 6.17. The van der Waals surface area contributed by atoms with Gasteiger partial charge in [-0.05, 0) is 25.0 Å². The highest BCUT2D eigenvalue weighted by Crippen LogP contribution is 2.37. The number of benzene rings is 1. The molecule has 9 nitrogen and oxygen atoms in total. The van der Waals surface area contributed by atoms with E-state index in [1.165, 1.54) is 0 Å². The van der Waals surface area contributed by atoms with Crippen molar-refractivity contribution >= 4 is 22.5 Å². The molecule has 0 aliphatic carbocycles. The zero-order valence-electron chi connectivity index (χ0n) is 15.7. The smallest absolute Gasteiger partial charge is 0.223 e. The number of rotatable bonds is 3. The Balaban J connectivity index is 1.56. The van der Waals surface area contributed by atoms with Gasteiger partial charge in [-0.15, -0.1) is 5.10 Å². The van der Waals surface area contributed by atoms with Gasteiger partial charge < -0.3 is 15.2 Å². The molecule has 2 N–H and O–H groups in total. The Hall–Kier alpha value is -3.20. The van der Waals surface area contributed by atoms with E-state index in [2.05, 4.69) is 15.2 Å². The summed E-state index contributed by atoms with van der Waals surface area (Å²) in [5.41, 5.74) is 8.63. The minimum absolute atomic E-state index is 0.00799. The topological polar surface area (TPSA) is 105 Å². The van der Waals surface area contributed by atoms with Gasteiger partial charge in [-0.3, -0.25) is 4.68 Å². The number of methoxy groups -OCH3 is 1. The largest absolute Gasteiger partial charge is 0.494 e. The number of ether oxygens (including phenoxy) is 2. The van der Waals surface area contributed by atoms with Crippen LogP contribution in [-0.4, -0.2) is 43.1 Å². The Kier molecular flexibility index (Phi) is 3.90. The van der Waals surface area contributed by atoms with Crippen molar-refractivity contribution in [2.75, 3.05) is 19.5 Å². The zero-order chi connectivity index (χ0) is 19.3. The molecule has 1 aromatic carbocycles. The molecule has 2 atom stereocenters. The highest BCUT2D eigenvalue weighted by atomic mass is 16.5. The van der Waals surface area contributed by atoms with Crippen molar-refractivity contribution in [2.24, 2.45) is 7.05 Å². The molecule has 5 rings (SSSR count). The van der Waals surface area contributed by atoms with E-state index in [-0.39, 0.29) is 12.0 Å². The summed E-state index contributed by atoms with van der Waals surface area (Å²) >= 11 is 0. The van der Waals surface area contributed by atoms with E-state index in [4.69, 9.17) is 20.2 Å². The quantitative estimate of drug-likeness (QED) is 0.582. The van der Waals surface area contributed by atoms with Crippen molar-refractivity contribution < 1.29 is 9.47 Å². The minimum Gasteiger partial charge on any atom is -0.494 e. The first-order chi connectivity index (χ1) is 13.6. The molecule has 0 unspecified atom stereocenters. The summed E-state index contributed by atoms with van der Waals surface area (Å²) in [4.78, 5) is 9.31. The molecule has 1 fully saturated rings. The van der Waals surface area contributed by atoms with Crippen LogP contribution in [0.4, 0.5) is 5.95 Å². The summed E-state index contributed by atoms with van der Waals surface area (Å²) in [5, 5.41) is 9.79. The molecule has 4 aromatic rings. The van der Waals surface area contributed by atoms with Gasteiger partial charge >= 0.3 is 0 Å². The highest BCUT2D eigenvalue weighted by Gasteiger charge is 2.29. The van der Waals surface area contributed by atoms with Crippen LogP contribution in [0.5, 0.6) is 5.75 Å². The number of nitrogens with two attached hydrogens (primary N) is 1. The lowest BCUT2D eigenvalue weighted by Gasteiger charge is -2.27. The molecule has 0 radical (unpaired) electrons. The molecular weight excluding hydrogens is 358 g/mol. The average molecular weight is 379 g/mol. The lowest BCUT2D eigenvalue weighted by atomic mass is 9.92. The fourth-order valence-electron chi connectivity index (χ4n) is 3.85. The van der Waals surface area contributed by atoms with Crippen LogP contribution in [0.2, 0.25) is 0 Å². The minimum atomic E-state index is -0.00799. The van der Waals surface area contributed by atoms with Crippen molar-refractivity contribution in [1.82, 2.24) is 29.4 Å². The fourth-order valence-corrected chi connectivity index (χ4v) is 3.85. The van der Waals surface area contributed by atoms with Gasteiger partial charge in [0.2, 0.25) is 5.95 Å². The summed E-state index contributed by atoms with van der Waals surface area (Å²) in [6.07, 6.45) is 5.50. The lowest BCUT2D eigenvalue weighted by molar-refractivity contribution is 0.00396. The number of para-hydroxylation sites is 1. The van der Waals surface area contributed by atoms with Crippen LogP contribution in [0.25, 0.3) is 16.6 Å². The molecule has 4 heterocycles. The van der Waals surface area contributed by atoms with E-state index in [1.54, 1.807) is 16.3 Å². The number of hydrogen-bond acceptors (Lipinski definition) is 7. The van der Waals surface area contributed by atoms with Crippen LogP contribution in [0, 0.1) is 0 Å². The Morgan fingerprint density at radius 1 is 1.29 bits per heavy atom. The molecule has 1 aliphatic rings. The SMILES string of the molecule is COc1cccc2c1nc(N)n1nc([C@H]3CCO[C@@H](c4cnn(C)c4)C3)nc21. The first-order valence-corrected chi connectivity index (χ1v) is 9.23. The molecule has 0 spiro atoms. The number of nitrogens with zero attached hydrogens (tertiary/aromatic N) is 6. The summed E-state index contributed by atoms with van der Waals surface area (Å²) in [7, 11) is 3.52. The van der Waals surface area contributed by atoms with Gasteiger partial charge in [0.25, 0.3) is 0 Å². The number of aromatic nitrogens is 6. The van der Waals surface area contributed by atoms with E-state index >= 15 is 0 Å². The second-order valence-corrected chi connectivity index (χ2v) is 7.06. The molecule has 0 saturated carbocycles. The van der Waals surface area contributed by atoms with Gasteiger partial charge in [-0.1, -0.05) is 6.07 Å². The van der Waals surface area contributed by atoms with E-state index in [0.29, 0.717) is 29.5 Å². The molecule has 9 heteroatoms. The maximum absolute atomic E-state index is 6.17. The number of fused-ring (bicyclic) bond motifs is 3. The highest BCUT2D eigenvalue weighted by molar-refractivity contribution is 5.95. The summed E-state index contributed by atoms with van der Waals surface area (Å²) in [6, 6.07) is 5.74. The number of anilines is 1. The number of aryl methyl sites for hydroxylation is 1. The van der Waals surface area contributed by atoms with Gasteiger partial charge in [-0.2, -0.15) is 9.61 Å². The second kappa shape index (κ2) is 6.45. The monoisotopic (exact) mass is 379 g/mol. The summed E-state index contributed by atoms with van der Waals surface area (Å²) < 4.78 is 14.8. The standard InChI is InChI=1S/C19H21N7O2/c1-25-10-12(9-21-25)15-8-11(6-7-28-15)17-23-18-13-4-3-5-14(27-2)16(13)22-19(20)26(18)24-17/h3-5,9-11,15H,6-8H2,1-2H3,(H2,20,22)/t11-,15+/m0/s1. The van der Waals surface area contributed by atoms with E-state index in [0.717, 1.165) is 29.6 Å². The normalized spacial score (nSPS) is 20.1. The third-order valence-electron chi connectivity index (χ3n) is 5.27.